The van der Waals surface area contributed by atoms with Gasteiger partial charge in [-0.15, -0.1) is 0 Å². The van der Waals surface area contributed by atoms with Gasteiger partial charge in [0.2, 0.25) is 11.9 Å². The molecule has 1 heterocycles. The second-order valence-corrected chi connectivity index (χ2v) is 5.46. The van der Waals surface area contributed by atoms with Crippen LogP contribution in [0.1, 0.15) is 11.4 Å². The van der Waals surface area contributed by atoms with Gasteiger partial charge in [-0.3, -0.25) is 10.1 Å². The minimum atomic E-state index is -0.473. The summed E-state index contributed by atoms with van der Waals surface area (Å²) in [6.45, 7) is 2.05. The standard InChI is InChI=1S/C17H16N6O3/c1-11-2-4-12(5-3-11)19-17-21-15(20-16(18)22-17)10-26-14-8-6-13(7-9-14)23(24)25/h2-9H,10H2,1H3,(H3,18,19,20,21,22). The highest BCUT2D eigenvalue weighted by atomic mass is 16.6. The molecule has 0 spiro atoms. The number of nitrogen functional groups attached to an aromatic ring is 1. The summed E-state index contributed by atoms with van der Waals surface area (Å²) in [5, 5.41) is 13.7. The van der Waals surface area contributed by atoms with Crippen LogP contribution in [0.25, 0.3) is 0 Å². The summed E-state index contributed by atoms with van der Waals surface area (Å²) in [5.74, 6) is 1.17. The minimum Gasteiger partial charge on any atom is -0.486 e. The Balaban J connectivity index is 1.69. The number of aryl methyl sites for hydroxylation is 1. The molecule has 0 atom stereocenters. The highest BCUT2D eigenvalue weighted by Gasteiger charge is 2.08. The van der Waals surface area contributed by atoms with Crippen LogP contribution in [-0.2, 0) is 6.61 Å². The van der Waals surface area contributed by atoms with Gasteiger partial charge in [0.15, 0.2) is 5.82 Å². The molecule has 1 aromatic heterocycles. The van der Waals surface area contributed by atoms with Crippen molar-refractivity contribution in [1.29, 1.82) is 0 Å². The SMILES string of the molecule is Cc1ccc(Nc2nc(N)nc(COc3ccc([N+](=O)[O-])cc3)n2)cc1. The molecule has 9 heteroatoms. The molecule has 0 aliphatic rings. The normalized spacial score (nSPS) is 10.3. The van der Waals surface area contributed by atoms with Crippen molar-refractivity contribution in [1.82, 2.24) is 15.0 Å². The zero-order valence-electron chi connectivity index (χ0n) is 13.9. The van der Waals surface area contributed by atoms with E-state index in [4.69, 9.17) is 10.5 Å². The number of nitro benzene ring substituents is 1. The molecule has 132 valence electrons. The highest BCUT2D eigenvalue weighted by molar-refractivity contribution is 5.54. The Bertz CT molecular complexity index is 913. The average Bonchev–Trinajstić information content (AvgIpc) is 2.62. The second-order valence-electron chi connectivity index (χ2n) is 5.46. The van der Waals surface area contributed by atoms with Crippen molar-refractivity contribution in [3.05, 3.63) is 70.0 Å². The summed E-state index contributed by atoms with van der Waals surface area (Å²) in [6, 6.07) is 13.5. The molecule has 0 aliphatic heterocycles. The van der Waals surface area contributed by atoms with E-state index >= 15 is 0 Å². The Morgan fingerprint density at radius 2 is 1.77 bits per heavy atom. The fourth-order valence-corrected chi connectivity index (χ4v) is 2.14. The fourth-order valence-electron chi connectivity index (χ4n) is 2.14. The minimum absolute atomic E-state index is 0.00802. The van der Waals surface area contributed by atoms with E-state index in [2.05, 4.69) is 20.3 Å². The maximum absolute atomic E-state index is 10.7. The third kappa shape index (κ3) is 4.41. The highest BCUT2D eigenvalue weighted by Crippen LogP contribution is 2.19. The van der Waals surface area contributed by atoms with E-state index in [1.807, 2.05) is 31.2 Å². The summed E-state index contributed by atoms with van der Waals surface area (Å²) < 4.78 is 5.54. The molecule has 0 unspecified atom stereocenters. The quantitative estimate of drug-likeness (QED) is 0.511. The number of aromatic nitrogens is 3. The maximum Gasteiger partial charge on any atom is 0.269 e. The predicted octanol–water partition coefficient (Wildman–Crippen LogP) is 2.99. The van der Waals surface area contributed by atoms with Gasteiger partial charge < -0.3 is 15.8 Å². The van der Waals surface area contributed by atoms with Gasteiger partial charge >= 0.3 is 0 Å². The van der Waals surface area contributed by atoms with Crippen molar-refractivity contribution < 1.29 is 9.66 Å². The van der Waals surface area contributed by atoms with Crippen molar-refractivity contribution in [2.24, 2.45) is 0 Å². The molecule has 0 fully saturated rings. The first kappa shape index (κ1) is 17.1. The molecule has 3 rings (SSSR count). The first-order valence-corrected chi connectivity index (χ1v) is 7.71. The number of ether oxygens (including phenoxy) is 1. The molecule has 9 nitrogen and oxygen atoms in total. The number of nitrogens with zero attached hydrogens (tertiary/aromatic N) is 4. The first-order valence-electron chi connectivity index (χ1n) is 7.71. The predicted molar refractivity (Wildman–Crippen MR) is 96.1 cm³/mol. The zero-order valence-corrected chi connectivity index (χ0v) is 13.9. The van der Waals surface area contributed by atoms with Gasteiger partial charge in [0.05, 0.1) is 4.92 Å². The summed E-state index contributed by atoms with van der Waals surface area (Å²) in [4.78, 5) is 22.5. The van der Waals surface area contributed by atoms with Crippen LogP contribution in [0.5, 0.6) is 5.75 Å². The lowest BCUT2D eigenvalue weighted by atomic mass is 10.2. The second kappa shape index (κ2) is 7.43. The molecule has 0 radical (unpaired) electrons. The Hall–Kier alpha value is -3.75. The van der Waals surface area contributed by atoms with E-state index in [9.17, 15) is 10.1 Å². The monoisotopic (exact) mass is 352 g/mol. The van der Waals surface area contributed by atoms with Gasteiger partial charge in [-0.25, -0.2) is 0 Å². The third-order valence-corrected chi connectivity index (χ3v) is 3.42. The van der Waals surface area contributed by atoms with Gasteiger partial charge in [-0.1, -0.05) is 17.7 Å². The zero-order chi connectivity index (χ0) is 18.5. The number of anilines is 3. The van der Waals surface area contributed by atoms with Crippen molar-refractivity contribution in [3.8, 4) is 5.75 Å². The van der Waals surface area contributed by atoms with Crippen LogP contribution in [0.15, 0.2) is 48.5 Å². The number of benzene rings is 2. The van der Waals surface area contributed by atoms with Gasteiger partial charge in [0, 0.05) is 17.8 Å². The van der Waals surface area contributed by atoms with Crippen LogP contribution < -0.4 is 15.8 Å². The van der Waals surface area contributed by atoms with Gasteiger partial charge in [-0.2, -0.15) is 15.0 Å². The van der Waals surface area contributed by atoms with Crippen molar-refractivity contribution >= 4 is 23.3 Å². The Labute approximate surface area is 149 Å². The maximum atomic E-state index is 10.7. The molecular formula is C17H16N6O3. The molecule has 3 N–H and O–H groups in total. The smallest absolute Gasteiger partial charge is 0.269 e. The first-order chi connectivity index (χ1) is 12.5. The molecule has 2 aromatic carbocycles. The lowest BCUT2D eigenvalue weighted by molar-refractivity contribution is -0.384. The molecule has 0 bridgehead atoms. The summed E-state index contributed by atoms with van der Waals surface area (Å²) in [6.07, 6.45) is 0. The van der Waals surface area contributed by atoms with Gasteiger partial charge in [-0.05, 0) is 31.2 Å². The number of hydrogen-bond acceptors (Lipinski definition) is 8. The lowest BCUT2D eigenvalue weighted by Crippen LogP contribution is -2.09. The van der Waals surface area contributed by atoms with Crippen molar-refractivity contribution in [3.63, 3.8) is 0 Å². The number of nitro groups is 1. The molecule has 0 saturated carbocycles. The molecule has 0 aliphatic carbocycles. The van der Waals surface area contributed by atoms with Crippen LogP contribution in [0, 0.1) is 17.0 Å². The van der Waals surface area contributed by atoms with Crippen LogP contribution in [0.2, 0.25) is 0 Å². The largest absolute Gasteiger partial charge is 0.486 e. The number of nitrogens with one attached hydrogen (secondary N) is 1. The summed E-state index contributed by atoms with van der Waals surface area (Å²) in [7, 11) is 0. The number of non-ortho nitro benzene ring substituents is 1. The van der Waals surface area contributed by atoms with Crippen LogP contribution in [0.3, 0.4) is 0 Å². The van der Waals surface area contributed by atoms with Crippen molar-refractivity contribution in [2.75, 3.05) is 11.1 Å². The van der Waals surface area contributed by atoms with Gasteiger partial charge in [0.1, 0.15) is 12.4 Å². The van der Waals surface area contributed by atoms with E-state index < -0.39 is 4.92 Å². The number of rotatable bonds is 6. The Kier molecular flexibility index (Phi) is 4.88. The topological polar surface area (TPSA) is 129 Å². The van der Waals surface area contributed by atoms with E-state index in [0.717, 1.165) is 11.3 Å². The molecule has 0 amide bonds. The van der Waals surface area contributed by atoms with E-state index in [-0.39, 0.29) is 18.2 Å². The van der Waals surface area contributed by atoms with E-state index in [1.54, 1.807) is 0 Å². The van der Waals surface area contributed by atoms with E-state index in [0.29, 0.717) is 17.5 Å². The van der Waals surface area contributed by atoms with Crippen LogP contribution in [0.4, 0.5) is 23.3 Å². The lowest BCUT2D eigenvalue weighted by Gasteiger charge is -2.09. The Morgan fingerprint density at radius 1 is 1.08 bits per heavy atom. The molecule has 3 aromatic rings. The van der Waals surface area contributed by atoms with E-state index in [1.165, 1.54) is 24.3 Å². The van der Waals surface area contributed by atoms with Crippen molar-refractivity contribution in [2.45, 2.75) is 13.5 Å². The average molecular weight is 352 g/mol. The molecular weight excluding hydrogens is 336 g/mol. The third-order valence-electron chi connectivity index (χ3n) is 3.42. The van der Waals surface area contributed by atoms with Crippen LogP contribution >= 0.6 is 0 Å². The molecule has 0 saturated heterocycles. The van der Waals surface area contributed by atoms with Crippen LogP contribution in [-0.4, -0.2) is 19.9 Å². The van der Waals surface area contributed by atoms with Gasteiger partial charge in [0.25, 0.3) is 5.69 Å². The number of nitrogens with two attached hydrogens (primary N) is 1. The Morgan fingerprint density at radius 3 is 2.42 bits per heavy atom. The number of hydrogen-bond donors (Lipinski definition) is 2. The summed E-state index contributed by atoms with van der Waals surface area (Å²) >= 11 is 0. The fraction of sp³-hybridized carbons (Fsp3) is 0.118. The molecule has 26 heavy (non-hydrogen) atoms. The summed E-state index contributed by atoms with van der Waals surface area (Å²) in [5.41, 5.74) is 7.68.